The van der Waals surface area contributed by atoms with Gasteiger partial charge in [-0.05, 0) is 23.7 Å². The molecule has 0 saturated carbocycles. The van der Waals surface area contributed by atoms with Gasteiger partial charge < -0.3 is 0 Å². The van der Waals surface area contributed by atoms with Crippen LogP contribution >= 0.6 is 0 Å². The van der Waals surface area contributed by atoms with Gasteiger partial charge in [0.15, 0.2) is 11.4 Å². The molecule has 9 heteroatoms. The Kier molecular flexibility index (Phi) is 3.71. The molecule has 2 rings (SSSR count). The van der Waals surface area contributed by atoms with Crippen LogP contribution < -0.4 is 0 Å². The van der Waals surface area contributed by atoms with Gasteiger partial charge in [0, 0.05) is 12.4 Å². The molecule has 0 amide bonds. The summed E-state index contributed by atoms with van der Waals surface area (Å²) >= 11 is 0. The van der Waals surface area contributed by atoms with Crippen LogP contribution in [0.5, 0.6) is 0 Å². The Morgan fingerprint density at radius 2 is 2.19 bits per heavy atom. The van der Waals surface area contributed by atoms with Gasteiger partial charge in [-0.25, -0.2) is 0 Å². The molecular weight excluding hydrogens is 287 g/mol. The minimum absolute atomic E-state index is 0.0157. The molecule has 2 heterocycles. The molecule has 21 heavy (non-hydrogen) atoms. The van der Waals surface area contributed by atoms with Crippen molar-refractivity contribution in [3.05, 3.63) is 45.9 Å². The summed E-state index contributed by atoms with van der Waals surface area (Å²) in [6, 6.07) is 3.39. The molecule has 0 radical (unpaired) electrons. The zero-order valence-electron chi connectivity index (χ0n) is 10.7. The first kappa shape index (κ1) is 14.6. The van der Waals surface area contributed by atoms with Crippen LogP contribution in [0.1, 0.15) is 22.5 Å². The van der Waals surface area contributed by atoms with Crippen molar-refractivity contribution in [2.45, 2.75) is 19.6 Å². The van der Waals surface area contributed by atoms with Crippen molar-refractivity contribution in [3.63, 3.8) is 0 Å². The normalized spacial score (nSPS) is 11.2. The van der Waals surface area contributed by atoms with Crippen molar-refractivity contribution >= 4 is 5.69 Å². The van der Waals surface area contributed by atoms with Gasteiger partial charge in [-0.15, -0.1) is 4.91 Å². The maximum atomic E-state index is 12.8. The molecule has 0 unspecified atom stereocenters. The molecule has 6 nitrogen and oxygen atoms in total. The van der Waals surface area contributed by atoms with Crippen molar-refractivity contribution in [3.8, 4) is 6.07 Å². The van der Waals surface area contributed by atoms with Crippen LogP contribution in [0.2, 0.25) is 0 Å². The number of halogens is 3. The third kappa shape index (κ3) is 2.74. The number of hydrogen-bond donors (Lipinski definition) is 0. The lowest BCUT2D eigenvalue weighted by Gasteiger charge is -2.05. The first-order chi connectivity index (χ1) is 9.88. The zero-order valence-corrected chi connectivity index (χ0v) is 10.7. The minimum Gasteiger partial charge on any atom is -0.263 e. The quantitative estimate of drug-likeness (QED) is 0.815. The first-order valence-corrected chi connectivity index (χ1v) is 5.69. The monoisotopic (exact) mass is 295 g/mol. The average molecular weight is 295 g/mol. The largest absolute Gasteiger partial charge is 0.437 e. The number of nitriles is 1. The fourth-order valence-electron chi connectivity index (χ4n) is 1.81. The van der Waals surface area contributed by atoms with E-state index < -0.39 is 17.6 Å². The molecule has 0 bridgehead atoms. The van der Waals surface area contributed by atoms with Gasteiger partial charge in [0.2, 0.25) is 0 Å². The first-order valence-electron chi connectivity index (χ1n) is 5.69. The van der Waals surface area contributed by atoms with E-state index in [9.17, 15) is 18.1 Å². The summed E-state index contributed by atoms with van der Waals surface area (Å²) < 4.78 is 39.3. The standard InChI is InChI=1S/C12H8F3N5O/c1-7-10(19-21)11(12(13,14)15)18-20(7)6-8-2-3-17-5-9(8)4-16/h2-3,5H,6H2,1H3. The van der Waals surface area contributed by atoms with Crippen LogP contribution in [0.25, 0.3) is 0 Å². The molecule has 0 atom stereocenters. The van der Waals surface area contributed by atoms with E-state index in [-0.39, 0.29) is 17.8 Å². The van der Waals surface area contributed by atoms with E-state index in [2.05, 4.69) is 15.3 Å². The second-order valence-corrected chi connectivity index (χ2v) is 4.17. The number of alkyl halides is 3. The molecule has 0 aromatic carbocycles. The van der Waals surface area contributed by atoms with Gasteiger partial charge in [-0.3, -0.25) is 9.67 Å². The van der Waals surface area contributed by atoms with Crippen molar-refractivity contribution in [2.24, 2.45) is 5.18 Å². The van der Waals surface area contributed by atoms with Crippen molar-refractivity contribution < 1.29 is 13.2 Å². The van der Waals surface area contributed by atoms with Gasteiger partial charge in [0.1, 0.15) is 6.07 Å². The molecule has 0 N–H and O–H groups in total. The highest BCUT2D eigenvalue weighted by atomic mass is 19.4. The lowest BCUT2D eigenvalue weighted by atomic mass is 10.1. The van der Waals surface area contributed by atoms with E-state index in [1.807, 2.05) is 6.07 Å². The second-order valence-electron chi connectivity index (χ2n) is 4.17. The topological polar surface area (TPSA) is 83.9 Å². The Bertz CT molecular complexity index is 729. The number of pyridine rings is 1. The molecule has 0 spiro atoms. The van der Waals surface area contributed by atoms with Crippen LogP contribution in [0.3, 0.4) is 0 Å². The lowest BCUT2D eigenvalue weighted by molar-refractivity contribution is -0.140. The average Bonchev–Trinajstić information content (AvgIpc) is 2.76. The lowest BCUT2D eigenvalue weighted by Crippen LogP contribution is -2.10. The number of nitrogens with zero attached hydrogens (tertiary/aromatic N) is 5. The highest BCUT2D eigenvalue weighted by molar-refractivity contribution is 5.48. The molecular formula is C12H8F3N5O. The number of aromatic nitrogens is 3. The predicted molar refractivity (Wildman–Crippen MR) is 65.5 cm³/mol. The summed E-state index contributed by atoms with van der Waals surface area (Å²) in [5.41, 5.74) is -1.42. The van der Waals surface area contributed by atoms with Gasteiger partial charge in [-0.1, -0.05) is 0 Å². The smallest absolute Gasteiger partial charge is 0.263 e. The fourth-order valence-corrected chi connectivity index (χ4v) is 1.81. The Hall–Kier alpha value is -2.76. The molecule has 0 aliphatic rings. The minimum atomic E-state index is -4.77. The van der Waals surface area contributed by atoms with E-state index in [1.165, 1.54) is 25.4 Å². The third-order valence-electron chi connectivity index (χ3n) is 2.89. The molecule has 0 saturated heterocycles. The summed E-state index contributed by atoms with van der Waals surface area (Å²) in [5.74, 6) is 0. The van der Waals surface area contributed by atoms with Crippen molar-refractivity contribution in [2.75, 3.05) is 0 Å². The van der Waals surface area contributed by atoms with Crippen molar-refractivity contribution in [1.29, 1.82) is 5.26 Å². The molecule has 0 fully saturated rings. The third-order valence-corrected chi connectivity index (χ3v) is 2.89. The Morgan fingerprint density at radius 1 is 1.48 bits per heavy atom. The Labute approximate surface area is 116 Å². The van der Waals surface area contributed by atoms with E-state index in [4.69, 9.17) is 5.26 Å². The Morgan fingerprint density at radius 3 is 2.71 bits per heavy atom. The van der Waals surface area contributed by atoms with Crippen LogP contribution in [-0.4, -0.2) is 14.8 Å². The summed E-state index contributed by atoms with van der Waals surface area (Å²) in [6.07, 6.45) is -2.05. The second kappa shape index (κ2) is 5.32. The summed E-state index contributed by atoms with van der Waals surface area (Å²) in [5, 5.41) is 14.7. The molecule has 0 aliphatic heterocycles. The van der Waals surface area contributed by atoms with Gasteiger partial charge in [0.25, 0.3) is 0 Å². The Balaban J connectivity index is 2.49. The highest BCUT2D eigenvalue weighted by Gasteiger charge is 2.39. The SMILES string of the molecule is Cc1c(N=O)c(C(F)(F)F)nn1Cc1ccncc1C#N. The molecule has 2 aromatic heterocycles. The van der Waals surface area contributed by atoms with Crippen LogP contribution in [0.15, 0.2) is 23.6 Å². The van der Waals surface area contributed by atoms with E-state index in [1.54, 1.807) is 0 Å². The maximum absolute atomic E-state index is 12.8. The summed E-state index contributed by atoms with van der Waals surface area (Å²) in [7, 11) is 0. The summed E-state index contributed by atoms with van der Waals surface area (Å²) in [6.45, 7) is 1.22. The molecule has 2 aromatic rings. The van der Waals surface area contributed by atoms with Crippen molar-refractivity contribution in [1.82, 2.24) is 14.8 Å². The van der Waals surface area contributed by atoms with Gasteiger partial charge >= 0.3 is 6.18 Å². The number of rotatable bonds is 3. The van der Waals surface area contributed by atoms with Gasteiger partial charge in [0.05, 0.1) is 17.8 Å². The predicted octanol–water partition coefficient (Wildman–Crippen LogP) is 2.92. The molecule has 108 valence electrons. The number of hydrogen-bond acceptors (Lipinski definition) is 5. The zero-order chi connectivity index (χ0) is 15.6. The highest BCUT2D eigenvalue weighted by Crippen LogP contribution is 2.37. The van der Waals surface area contributed by atoms with Crippen LogP contribution in [0.4, 0.5) is 18.9 Å². The maximum Gasteiger partial charge on any atom is 0.437 e. The van der Waals surface area contributed by atoms with E-state index in [0.29, 0.717) is 5.56 Å². The van der Waals surface area contributed by atoms with Gasteiger partial charge in [-0.2, -0.15) is 23.5 Å². The van der Waals surface area contributed by atoms with E-state index in [0.717, 1.165) is 4.68 Å². The van der Waals surface area contributed by atoms with Crippen LogP contribution in [-0.2, 0) is 12.7 Å². The van der Waals surface area contributed by atoms with E-state index >= 15 is 0 Å². The summed E-state index contributed by atoms with van der Waals surface area (Å²) in [4.78, 5) is 14.4. The fraction of sp³-hybridized carbons (Fsp3) is 0.250. The number of nitroso groups, excluding NO2 is 1. The molecule has 0 aliphatic carbocycles. The van der Waals surface area contributed by atoms with Crippen LogP contribution in [0, 0.1) is 23.2 Å².